The number of nitrogens with zero attached hydrogens (tertiary/aromatic N) is 1. The van der Waals surface area contributed by atoms with Crippen LogP contribution in [0.4, 0.5) is 4.39 Å². The number of rotatable bonds is 4. The van der Waals surface area contributed by atoms with Gasteiger partial charge in [-0.3, -0.25) is 4.79 Å². The fourth-order valence-corrected chi connectivity index (χ4v) is 2.80. The molecule has 114 valence electrons. The standard InChI is InChI=1S/C17H22FNO2/c1-13(14-5-7-15(18)8-6-14)12-17(21)19-10-3-2-4-16(19)9-11-20/h5-8,12,16,20H,2-4,9-11H2,1H3/b13-12-. The summed E-state index contributed by atoms with van der Waals surface area (Å²) < 4.78 is 12.9. The maximum Gasteiger partial charge on any atom is 0.247 e. The van der Waals surface area contributed by atoms with Gasteiger partial charge < -0.3 is 10.0 Å². The number of halogens is 1. The van der Waals surface area contributed by atoms with E-state index in [9.17, 15) is 9.18 Å². The molecule has 1 amide bonds. The third-order valence-corrected chi connectivity index (χ3v) is 4.01. The number of benzene rings is 1. The largest absolute Gasteiger partial charge is 0.396 e. The Morgan fingerprint density at radius 1 is 1.38 bits per heavy atom. The molecule has 1 aliphatic rings. The maximum absolute atomic E-state index is 12.9. The first-order valence-electron chi connectivity index (χ1n) is 7.47. The lowest BCUT2D eigenvalue weighted by Gasteiger charge is -2.35. The van der Waals surface area contributed by atoms with Crippen molar-refractivity contribution >= 4 is 11.5 Å². The van der Waals surface area contributed by atoms with Crippen LogP contribution in [0.25, 0.3) is 5.57 Å². The molecule has 0 aliphatic carbocycles. The molecule has 1 N–H and O–H groups in total. The van der Waals surface area contributed by atoms with Gasteiger partial charge in [-0.1, -0.05) is 12.1 Å². The fourth-order valence-electron chi connectivity index (χ4n) is 2.80. The third-order valence-electron chi connectivity index (χ3n) is 4.01. The lowest BCUT2D eigenvalue weighted by atomic mass is 9.99. The zero-order chi connectivity index (χ0) is 15.2. The number of likely N-dealkylation sites (tertiary alicyclic amines) is 1. The molecule has 1 aromatic carbocycles. The SMILES string of the molecule is C/C(=C/C(=O)N1CCCCC1CCO)c1ccc(F)cc1. The van der Waals surface area contributed by atoms with Crippen LogP contribution >= 0.6 is 0 Å². The molecular formula is C17H22FNO2. The smallest absolute Gasteiger partial charge is 0.247 e. The molecular weight excluding hydrogens is 269 g/mol. The van der Waals surface area contributed by atoms with Crippen LogP contribution < -0.4 is 0 Å². The molecule has 4 heteroatoms. The number of allylic oxidation sites excluding steroid dienone is 1. The van der Waals surface area contributed by atoms with Crippen molar-refractivity contribution in [3.63, 3.8) is 0 Å². The van der Waals surface area contributed by atoms with Gasteiger partial charge in [-0.25, -0.2) is 4.39 Å². The van der Waals surface area contributed by atoms with Crippen molar-refractivity contribution < 1.29 is 14.3 Å². The molecule has 1 aromatic rings. The van der Waals surface area contributed by atoms with Gasteiger partial charge in [-0.2, -0.15) is 0 Å². The Kier molecular flexibility index (Phi) is 5.51. The normalized spacial score (nSPS) is 19.7. The fraction of sp³-hybridized carbons (Fsp3) is 0.471. The van der Waals surface area contributed by atoms with E-state index in [4.69, 9.17) is 5.11 Å². The Morgan fingerprint density at radius 2 is 2.10 bits per heavy atom. The highest BCUT2D eigenvalue weighted by molar-refractivity contribution is 5.95. The Morgan fingerprint density at radius 3 is 2.76 bits per heavy atom. The van der Waals surface area contributed by atoms with Gasteiger partial charge in [-0.15, -0.1) is 0 Å². The number of amides is 1. The summed E-state index contributed by atoms with van der Waals surface area (Å²) in [6.45, 7) is 2.71. The maximum atomic E-state index is 12.9. The quantitative estimate of drug-likeness (QED) is 0.866. The van der Waals surface area contributed by atoms with Crippen molar-refractivity contribution in [2.45, 2.75) is 38.6 Å². The van der Waals surface area contributed by atoms with Gasteiger partial charge in [0.15, 0.2) is 0 Å². The first-order chi connectivity index (χ1) is 10.1. The van der Waals surface area contributed by atoms with Gasteiger partial charge in [0, 0.05) is 25.3 Å². The number of hydrogen-bond acceptors (Lipinski definition) is 2. The van der Waals surface area contributed by atoms with Crippen molar-refractivity contribution in [2.24, 2.45) is 0 Å². The van der Waals surface area contributed by atoms with Crippen LogP contribution in [0, 0.1) is 5.82 Å². The molecule has 0 radical (unpaired) electrons. The van der Waals surface area contributed by atoms with Crippen LogP contribution in [0.15, 0.2) is 30.3 Å². The molecule has 1 aliphatic heterocycles. The van der Waals surface area contributed by atoms with Crippen molar-refractivity contribution in [1.29, 1.82) is 0 Å². The van der Waals surface area contributed by atoms with Crippen LogP contribution in [0.2, 0.25) is 0 Å². The summed E-state index contributed by atoms with van der Waals surface area (Å²) in [5.41, 5.74) is 1.67. The molecule has 1 fully saturated rings. The summed E-state index contributed by atoms with van der Waals surface area (Å²) in [7, 11) is 0. The van der Waals surface area contributed by atoms with Crippen LogP contribution in [0.3, 0.4) is 0 Å². The van der Waals surface area contributed by atoms with E-state index in [1.54, 1.807) is 18.2 Å². The van der Waals surface area contributed by atoms with Crippen molar-refractivity contribution in [3.8, 4) is 0 Å². The predicted octanol–water partition coefficient (Wildman–Crippen LogP) is 2.99. The van der Waals surface area contributed by atoms with E-state index in [-0.39, 0.29) is 24.4 Å². The van der Waals surface area contributed by atoms with E-state index in [1.165, 1.54) is 12.1 Å². The Hall–Kier alpha value is -1.68. The van der Waals surface area contributed by atoms with Gasteiger partial charge in [0.25, 0.3) is 0 Å². The van der Waals surface area contributed by atoms with Crippen LogP contribution in [-0.4, -0.2) is 35.1 Å². The Labute approximate surface area is 125 Å². The number of carbonyl (C=O) groups excluding carboxylic acids is 1. The number of aliphatic hydroxyl groups excluding tert-OH is 1. The first-order valence-corrected chi connectivity index (χ1v) is 7.47. The summed E-state index contributed by atoms with van der Waals surface area (Å²) >= 11 is 0. The van der Waals surface area contributed by atoms with E-state index >= 15 is 0 Å². The predicted molar refractivity (Wildman–Crippen MR) is 81.1 cm³/mol. The van der Waals surface area contributed by atoms with Crippen molar-refractivity contribution in [1.82, 2.24) is 4.90 Å². The van der Waals surface area contributed by atoms with E-state index in [1.807, 2.05) is 11.8 Å². The van der Waals surface area contributed by atoms with Crippen molar-refractivity contribution in [3.05, 3.63) is 41.7 Å². The molecule has 21 heavy (non-hydrogen) atoms. The average Bonchev–Trinajstić information content (AvgIpc) is 2.48. The first kappa shape index (κ1) is 15.7. The molecule has 1 unspecified atom stereocenters. The van der Waals surface area contributed by atoms with E-state index in [2.05, 4.69) is 0 Å². The zero-order valence-electron chi connectivity index (χ0n) is 12.4. The summed E-state index contributed by atoms with van der Waals surface area (Å²) in [6, 6.07) is 6.28. The highest BCUT2D eigenvalue weighted by Gasteiger charge is 2.25. The minimum absolute atomic E-state index is 0.0185. The minimum atomic E-state index is -0.281. The third kappa shape index (κ3) is 4.14. The highest BCUT2D eigenvalue weighted by atomic mass is 19.1. The van der Waals surface area contributed by atoms with Gasteiger partial charge >= 0.3 is 0 Å². The molecule has 0 aromatic heterocycles. The second kappa shape index (κ2) is 7.36. The molecule has 1 saturated heterocycles. The zero-order valence-corrected chi connectivity index (χ0v) is 12.4. The topological polar surface area (TPSA) is 40.5 Å². The lowest BCUT2D eigenvalue weighted by Crippen LogP contribution is -2.43. The highest BCUT2D eigenvalue weighted by Crippen LogP contribution is 2.21. The van der Waals surface area contributed by atoms with E-state index < -0.39 is 0 Å². The number of carbonyl (C=O) groups is 1. The number of hydrogen-bond donors (Lipinski definition) is 1. The van der Waals surface area contributed by atoms with Gasteiger partial charge in [0.05, 0.1) is 0 Å². The molecule has 0 bridgehead atoms. The summed E-state index contributed by atoms with van der Waals surface area (Å²) in [4.78, 5) is 14.3. The van der Waals surface area contributed by atoms with Gasteiger partial charge in [-0.05, 0) is 55.9 Å². The summed E-state index contributed by atoms with van der Waals surface area (Å²) in [6.07, 6.45) is 5.32. The van der Waals surface area contributed by atoms with Crippen LogP contribution in [0.5, 0.6) is 0 Å². The molecule has 3 nitrogen and oxygen atoms in total. The lowest BCUT2D eigenvalue weighted by molar-refractivity contribution is -0.129. The van der Waals surface area contributed by atoms with Crippen molar-refractivity contribution in [2.75, 3.05) is 13.2 Å². The number of piperidine rings is 1. The van der Waals surface area contributed by atoms with E-state index in [0.29, 0.717) is 6.42 Å². The summed E-state index contributed by atoms with van der Waals surface area (Å²) in [5.74, 6) is -0.299. The molecule has 1 atom stereocenters. The van der Waals surface area contributed by atoms with Crippen LogP contribution in [0.1, 0.15) is 38.2 Å². The van der Waals surface area contributed by atoms with Gasteiger partial charge in [0.1, 0.15) is 5.82 Å². The van der Waals surface area contributed by atoms with Crippen LogP contribution in [-0.2, 0) is 4.79 Å². The van der Waals surface area contributed by atoms with Gasteiger partial charge in [0.2, 0.25) is 5.91 Å². The molecule has 0 spiro atoms. The molecule has 1 heterocycles. The summed E-state index contributed by atoms with van der Waals surface area (Å²) in [5, 5.41) is 9.12. The second-order valence-corrected chi connectivity index (χ2v) is 5.53. The monoisotopic (exact) mass is 291 g/mol. The Balaban J connectivity index is 2.10. The average molecular weight is 291 g/mol. The number of aliphatic hydroxyl groups is 1. The van der Waals surface area contributed by atoms with E-state index in [0.717, 1.165) is 36.9 Å². The molecule has 2 rings (SSSR count). The molecule has 0 saturated carbocycles. The second-order valence-electron chi connectivity index (χ2n) is 5.53. The minimum Gasteiger partial charge on any atom is -0.396 e. The Bertz CT molecular complexity index is 508.